The number of aromatic amines is 1. The molecule has 0 bridgehead atoms. The Bertz CT molecular complexity index is 639. The number of aryl methyl sites for hydroxylation is 2. The zero-order chi connectivity index (χ0) is 13.1. The number of benzene rings is 1. The van der Waals surface area contributed by atoms with Crippen molar-refractivity contribution in [1.82, 2.24) is 20.2 Å². The van der Waals surface area contributed by atoms with Crippen molar-refractivity contribution in [2.24, 2.45) is 0 Å². The summed E-state index contributed by atoms with van der Waals surface area (Å²) in [5, 5.41) is 13.1. The van der Waals surface area contributed by atoms with Crippen LogP contribution >= 0.6 is 11.3 Å². The Labute approximate surface area is 115 Å². The minimum atomic E-state index is 0.881. The van der Waals surface area contributed by atoms with E-state index < -0.39 is 0 Å². The van der Waals surface area contributed by atoms with Gasteiger partial charge in [-0.15, -0.1) is 10.2 Å². The number of anilines is 1. The topological polar surface area (TPSA) is 66.5 Å². The third-order valence-electron chi connectivity index (χ3n) is 2.83. The van der Waals surface area contributed by atoms with E-state index in [4.69, 9.17) is 0 Å². The number of nitrogens with one attached hydrogen (secondary N) is 2. The Morgan fingerprint density at radius 2 is 2.16 bits per heavy atom. The number of fused-ring (bicyclic) bond motifs is 1. The van der Waals surface area contributed by atoms with E-state index in [-0.39, 0.29) is 0 Å². The summed E-state index contributed by atoms with van der Waals surface area (Å²) >= 11 is 1.58. The highest BCUT2D eigenvalue weighted by Crippen LogP contribution is 2.14. The maximum absolute atomic E-state index is 4.55. The van der Waals surface area contributed by atoms with Gasteiger partial charge in [-0.3, -0.25) is 0 Å². The van der Waals surface area contributed by atoms with Crippen LogP contribution in [-0.4, -0.2) is 26.7 Å². The van der Waals surface area contributed by atoms with Crippen LogP contribution in [0.1, 0.15) is 17.3 Å². The van der Waals surface area contributed by atoms with Crippen LogP contribution in [0.4, 0.5) is 5.13 Å². The number of nitrogens with zero attached hydrogens (tertiary/aromatic N) is 3. The van der Waals surface area contributed by atoms with Crippen molar-refractivity contribution >= 4 is 27.5 Å². The molecule has 2 N–H and O–H groups in total. The predicted molar refractivity (Wildman–Crippen MR) is 77.6 cm³/mol. The van der Waals surface area contributed by atoms with E-state index in [2.05, 4.69) is 25.5 Å². The first kappa shape index (κ1) is 12.1. The van der Waals surface area contributed by atoms with E-state index in [9.17, 15) is 0 Å². The highest BCUT2D eigenvalue weighted by atomic mass is 32.1. The van der Waals surface area contributed by atoms with Gasteiger partial charge in [0.1, 0.15) is 10.8 Å². The van der Waals surface area contributed by atoms with Crippen molar-refractivity contribution in [1.29, 1.82) is 0 Å². The van der Waals surface area contributed by atoms with Crippen LogP contribution in [0.25, 0.3) is 11.0 Å². The average Bonchev–Trinajstić information content (AvgIpc) is 3.00. The first-order valence-electron chi connectivity index (χ1n) is 6.29. The molecule has 3 rings (SSSR count). The van der Waals surface area contributed by atoms with Gasteiger partial charge in [-0.05, 0) is 25.5 Å². The third-order valence-corrected chi connectivity index (χ3v) is 3.63. The number of aromatic nitrogens is 4. The van der Waals surface area contributed by atoms with Crippen molar-refractivity contribution in [3.8, 4) is 0 Å². The molecule has 2 heterocycles. The lowest BCUT2D eigenvalue weighted by Gasteiger charge is -1.99. The fourth-order valence-electron chi connectivity index (χ4n) is 1.94. The van der Waals surface area contributed by atoms with Gasteiger partial charge in [0.2, 0.25) is 5.13 Å². The summed E-state index contributed by atoms with van der Waals surface area (Å²) in [6, 6.07) is 8.10. The molecule has 0 fully saturated rings. The van der Waals surface area contributed by atoms with Crippen molar-refractivity contribution in [3.63, 3.8) is 0 Å². The Morgan fingerprint density at radius 1 is 1.26 bits per heavy atom. The van der Waals surface area contributed by atoms with Crippen molar-refractivity contribution in [2.75, 3.05) is 11.9 Å². The molecule has 0 aliphatic carbocycles. The van der Waals surface area contributed by atoms with Crippen molar-refractivity contribution in [3.05, 3.63) is 35.1 Å². The first-order valence-corrected chi connectivity index (χ1v) is 7.10. The molecule has 6 heteroatoms. The lowest BCUT2D eigenvalue weighted by Crippen LogP contribution is -2.03. The summed E-state index contributed by atoms with van der Waals surface area (Å²) in [7, 11) is 0. The van der Waals surface area contributed by atoms with E-state index in [1.165, 1.54) is 0 Å². The lowest BCUT2D eigenvalue weighted by atomic mass is 10.3. The van der Waals surface area contributed by atoms with E-state index >= 15 is 0 Å². The maximum atomic E-state index is 4.55. The van der Waals surface area contributed by atoms with E-state index in [0.29, 0.717) is 0 Å². The van der Waals surface area contributed by atoms with Crippen molar-refractivity contribution in [2.45, 2.75) is 19.8 Å². The van der Waals surface area contributed by atoms with Gasteiger partial charge >= 0.3 is 0 Å². The van der Waals surface area contributed by atoms with Crippen LogP contribution in [-0.2, 0) is 6.42 Å². The molecule has 0 spiro atoms. The Hall–Kier alpha value is -1.95. The van der Waals surface area contributed by atoms with E-state index in [1.807, 2.05) is 31.2 Å². The quantitative estimate of drug-likeness (QED) is 0.701. The second-order valence-corrected chi connectivity index (χ2v) is 5.54. The highest BCUT2D eigenvalue weighted by Gasteiger charge is 2.02. The molecule has 0 radical (unpaired) electrons. The summed E-state index contributed by atoms with van der Waals surface area (Å²) in [6.45, 7) is 2.84. The van der Waals surface area contributed by atoms with Gasteiger partial charge < -0.3 is 10.3 Å². The Morgan fingerprint density at radius 3 is 2.95 bits per heavy atom. The van der Waals surface area contributed by atoms with Crippen LogP contribution in [0.5, 0.6) is 0 Å². The standard InChI is InChI=1S/C13H15N5S/c1-9-17-18-13(19-9)14-8-4-7-12-15-10-5-2-3-6-11(10)16-12/h2-3,5-6H,4,7-8H2,1H3,(H,14,18)(H,15,16). The largest absolute Gasteiger partial charge is 0.360 e. The minimum absolute atomic E-state index is 0.881. The van der Waals surface area contributed by atoms with Crippen LogP contribution in [0.15, 0.2) is 24.3 Å². The van der Waals surface area contributed by atoms with Gasteiger partial charge in [0.15, 0.2) is 0 Å². The molecule has 0 aliphatic rings. The van der Waals surface area contributed by atoms with Gasteiger partial charge in [0.05, 0.1) is 11.0 Å². The molecule has 2 aromatic heterocycles. The zero-order valence-electron chi connectivity index (χ0n) is 10.7. The molecule has 0 saturated carbocycles. The lowest BCUT2D eigenvalue weighted by molar-refractivity contribution is 0.817. The number of hydrogen-bond acceptors (Lipinski definition) is 5. The number of rotatable bonds is 5. The fourth-order valence-corrected chi connectivity index (χ4v) is 2.56. The number of imidazole rings is 1. The van der Waals surface area contributed by atoms with Gasteiger partial charge in [-0.2, -0.15) is 0 Å². The maximum Gasteiger partial charge on any atom is 0.205 e. The van der Waals surface area contributed by atoms with E-state index in [1.54, 1.807) is 11.3 Å². The molecular weight excluding hydrogens is 258 g/mol. The molecule has 98 valence electrons. The summed E-state index contributed by atoms with van der Waals surface area (Å²) in [5.41, 5.74) is 2.13. The molecular formula is C13H15N5S. The molecule has 0 saturated heterocycles. The molecule has 3 aromatic rings. The SMILES string of the molecule is Cc1nnc(NCCCc2nc3ccccc3[nH]2)s1. The smallest absolute Gasteiger partial charge is 0.205 e. The number of H-pyrrole nitrogens is 1. The molecule has 0 aliphatic heterocycles. The van der Waals surface area contributed by atoms with Crippen LogP contribution in [0.2, 0.25) is 0 Å². The predicted octanol–water partition coefficient (Wildman–Crippen LogP) is 2.77. The molecule has 0 amide bonds. The Kier molecular flexibility index (Phi) is 3.41. The van der Waals surface area contributed by atoms with Gasteiger partial charge in [-0.25, -0.2) is 4.98 Å². The summed E-state index contributed by atoms with van der Waals surface area (Å²) < 4.78 is 0. The second-order valence-electron chi connectivity index (χ2n) is 4.36. The van der Waals surface area contributed by atoms with Crippen LogP contribution < -0.4 is 5.32 Å². The van der Waals surface area contributed by atoms with Gasteiger partial charge in [-0.1, -0.05) is 23.5 Å². The van der Waals surface area contributed by atoms with Gasteiger partial charge in [0.25, 0.3) is 0 Å². The minimum Gasteiger partial charge on any atom is -0.360 e. The summed E-state index contributed by atoms with van der Waals surface area (Å²) in [6.07, 6.45) is 1.94. The normalized spacial score (nSPS) is 11.0. The summed E-state index contributed by atoms with van der Waals surface area (Å²) in [5.74, 6) is 1.04. The molecule has 1 aromatic carbocycles. The number of hydrogen-bond donors (Lipinski definition) is 2. The second kappa shape index (κ2) is 5.36. The van der Waals surface area contributed by atoms with Gasteiger partial charge in [0, 0.05) is 13.0 Å². The third kappa shape index (κ3) is 2.90. The zero-order valence-corrected chi connectivity index (χ0v) is 11.5. The van der Waals surface area contributed by atoms with Crippen molar-refractivity contribution < 1.29 is 0 Å². The first-order chi connectivity index (χ1) is 9.31. The highest BCUT2D eigenvalue weighted by molar-refractivity contribution is 7.15. The molecule has 0 unspecified atom stereocenters. The molecule has 0 atom stereocenters. The fraction of sp³-hybridized carbons (Fsp3) is 0.308. The average molecular weight is 273 g/mol. The summed E-state index contributed by atoms with van der Waals surface area (Å²) in [4.78, 5) is 7.89. The number of para-hydroxylation sites is 2. The van der Waals surface area contributed by atoms with Crippen LogP contribution in [0.3, 0.4) is 0 Å². The monoisotopic (exact) mass is 273 g/mol. The Balaban J connectivity index is 1.52. The molecule has 19 heavy (non-hydrogen) atoms. The molecule has 5 nitrogen and oxygen atoms in total. The van der Waals surface area contributed by atoms with Crippen LogP contribution in [0, 0.1) is 6.92 Å². The van der Waals surface area contributed by atoms with E-state index in [0.717, 1.165) is 46.4 Å².